The van der Waals surface area contributed by atoms with Gasteiger partial charge in [-0.1, -0.05) is 18.9 Å². The summed E-state index contributed by atoms with van der Waals surface area (Å²) in [6.07, 6.45) is 3.49. The van der Waals surface area contributed by atoms with Crippen LogP contribution >= 0.6 is 0 Å². The molecule has 3 nitrogen and oxygen atoms in total. The number of carboxylic acid groups (broad SMARTS) is 1. The molecule has 4 heteroatoms. The summed E-state index contributed by atoms with van der Waals surface area (Å²) in [5.41, 5.74) is 0.966. The van der Waals surface area contributed by atoms with Crippen molar-refractivity contribution in [2.75, 3.05) is 6.61 Å². The zero-order valence-corrected chi connectivity index (χ0v) is 10.6. The average Bonchev–Trinajstić information content (AvgIpc) is 2.32. The third-order valence-electron chi connectivity index (χ3n) is 2.63. The lowest BCUT2D eigenvalue weighted by Gasteiger charge is -2.07. The van der Waals surface area contributed by atoms with Crippen LogP contribution in [0.3, 0.4) is 0 Å². The predicted molar refractivity (Wildman–Crippen MR) is 67.4 cm³/mol. The highest BCUT2D eigenvalue weighted by Crippen LogP contribution is 2.18. The summed E-state index contributed by atoms with van der Waals surface area (Å²) in [7, 11) is 0. The van der Waals surface area contributed by atoms with Crippen LogP contribution in [0, 0.1) is 12.7 Å². The number of hydrogen-bond donors (Lipinski definition) is 1. The van der Waals surface area contributed by atoms with Gasteiger partial charge < -0.3 is 9.84 Å². The van der Waals surface area contributed by atoms with E-state index < -0.39 is 5.97 Å². The molecular formula is C14H19FO3. The number of halogens is 1. The molecule has 0 spiro atoms. The number of aryl methyl sites for hydroxylation is 1. The van der Waals surface area contributed by atoms with Crippen molar-refractivity contribution in [2.24, 2.45) is 0 Å². The van der Waals surface area contributed by atoms with Gasteiger partial charge in [-0.05, 0) is 37.5 Å². The second-order valence-corrected chi connectivity index (χ2v) is 4.34. The van der Waals surface area contributed by atoms with E-state index in [1.807, 2.05) is 6.92 Å². The van der Waals surface area contributed by atoms with Gasteiger partial charge in [-0.15, -0.1) is 0 Å². The fraction of sp³-hybridized carbons (Fsp3) is 0.500. The van der Waals surface area contributed by atoms with Crippen molar-refractivity contribution in [3.8, 4) is 5.75 Å². The minimum atomic E-state index is -0.756. The van der Waals surface area contributed by atoms with E-state index in [1.165, 1.54) is 6.07 Å². The molecule has 0 unspecified atom stereocenters. The first-order valence-corrected chi connectivity index (χ1v) is 6.20. The lowest BCUT2D eigenvalue weighted by Crippen LogP contribution is -2.00. The Kier molecular flexibility index (Phi) is 6.19. The first kappa shape index (κ1) is 14.5. The molecule has 18 heavy (non-hydrogen) atoms. The Morgan fingerprint density at radius 1 is 1.28 bits per heavy atom. The van der Waals surface area contributed by atoms with Crippen LogP contribution in [0.5, 0.6) is 5.75 Å². The van der Waals surface area contributed by atoms with E-state index in [0.717, 1.165) is 24.8 Å². The third kappa shape index (κ3) is 5.66. The van der Waals surface area contributed by atoms with E-state index in [1.54, 1.807) is 12.1 Å². The summed E-state index contributed by atoms with van der Waals surface area (Å²) in [4.78, 5) is 10.3. The number of ether oxygens (including phenoxy) is 1. The van der Waals surface area contributed by atoms with Gasteiger partial charge in [-0.3, -0.25) is 4.79 Å². The van der Waals surface area contributed by atoms with Crippen molar-refractivity contribution in [1.82, 2.24) is 0 Å². The number of aliphatic carboxylic acids is 1. The van der Waals surface area contributed by atoms with Crippen LogP contribution in [0.15, 0.2) is 18.2 Å². The maximum atomic E-state index is 13.3. The molecule has 0 heterocycles. The number of benzene rings is 1. The van der Waals surface area contributed by atoms with Crippen LogP contribution in [0.25, 0.3) is 0 Å². The van der Waals surface area contributed by atoms with Gasteiger partial charge in [0.2, 0.25) is 0 Å². The molecule has 0 aliphatic carbocycles. The quantitative estimate of drug-likeness (QED) is 0.722. The monoisotopic (exact) mass is 254 g/mol. The maximum Gasteiger partial charge on any atom is 0.303 e. The maximum absolute atomic E-state index is 13.3. The molecule has 1 rings (SSSR count). The number of carbonyl (C=O) groups is 1. The fourth-order valence-electron chi connectivity index (χ4n) is 1.64. The molecule has 0 radical (unpaired) electrons. The van der Waals surface area contributed by atoms with Crippen molar-refractivity contribution < 1.29 is 19.0 Å². The highest BCUT2D eigenvalue weighted by atomic mass is 19.1. The highest BCUT2D eigenvalue weighted by molar-refractivity contribution is 5.66. The van der Waals surface area contributed by atoms with Crippen molar-refractivity contribution in [3.63, 3.8) is 0 Å². The van der Waals surface area contributed by atoms with E-state index in [0.29, 0.717) is 18.8 Å². The number of rotatable bonds is 8. The second-order valence-electron chi connectivity index (χ2n) is 4.34. The van der Waals surface area contributed by atoms with Crippen molar-refractivity contribution >= 4 is 5.97 Å². The first-order valence-electron chi connectivity index (χ1n) is 6.20. The van der Waals surface area contributed by atoms with Gasteiger partial charge in [0.1, 0.15) is 0 Å². The average molecular weight is 254 g/mol. The van der Waals surface area contributed by atoms with Crippen LogP contribution in [0.1, 0.15) is 37.7 Å². The number of carboxylic acids is 1. The highest BCUT2D eigenvalue weighted by Gasteiger charge is 2.03. The molecule has 0 aliphatic rings. The predicted octanol–water partition coefficient (Wildman–Crippen LogP) is 3.55. The molecule has 0 bridgehead atoms. The van der Waals surface area contributed by atoms with E-state index in [9.17, 15) is 9.18 Å². The molecule has 0 aliphatic heterocycles. The minimum absolute atomic E-state index is 0.216. The van der Waals surface area contributed by atoms with Crippen LogP contribution in [0.2, 0.25) is 0 Å². The topological polar surface area (TPSA) is 46.5 Å². The van der Waals surface area contributed by atoms with Gasteiger partial charge in [0.05, 0.1) is 6.61 Å². The Morgan fingerprint density at radius 3 is 2.72 bits per heavy atom. The molecule has 0 atom stereocenters. The summed E-state index contributed by atoms with van der Waals surface area (Å²) < 4.78 is 18.7. The molecule has 1 N–H and O–H groups in total. The van der Waals surface area contributed by atoms with Crippen LogP contribution in [0.4, 0.5) is 4.39 Å². The van der Waals surface area contributed by atoms with E-state index in [2.05, 4.69) is 0 Å². The van der Waals surface area contributed by atoms with Crippen LogP contribution in [-0.4, -0.2) is 17.7 Å². The number of hydrogen-bond acceptors (Lipinski definition) is 2. The third-order valence-corrected chi connectivity index (χ3v) is 2.63. The molecular weight excluding hydrogens is 235 g/mol. The molecule has 0 aromatic heterocycles. The minimum Gasteiger partial charge on any atom is -0.491 e. The molecule has 0 saturated carbocycles. The van der Waals surface area contributed by atoms with Crippen LogP contribution in [-0.2, 0) is 4.79 Å². The summed E-state index contributed by atoms with van der Waals surface area (Å²) >= 11 is 0. The van der Waals surface area contributed by atoms with E-state index >= 15 is 0 Å². The fourth-order valence-corrected chi connectivity index (χ4v) is 1.64. The van der Waals surface area contributed by atoms with E-state index in [4.69, 9.17) is 9.84 Å². The summed E-state index contributed by atoms with van der Waals surface area (Å²) in [6.45, 7) is 2.35. The smallest absolute Gasteiger partial charge is 0.303 e. The SMILES string of the molecule is Cc1ccc(F)c(OCCCCCCC(=O)O)c1. The Bertz CT molecular complexity index is 391. The van der Waals surface area contributed by atoms with Gasteiger partial charge >= 0.3 is 5.97 Å². The molecule has 1 aromatic carbocycles. The summed E-state index contributed by atoms with van der Waals surface area (Å²) in [5.74, 6) is -0.805. The van der Waals surface area contributed by atoms with Crippen molar-refractivity contribution in [1.29, 1.82) is 0 Å². The zero-order valence-electron chi connectivity index (χ0n) is 10.6. The van der Waals surface area contributed by atoms with Gasteiger partial charge in [0, 0.05) is 6.42 Å². The van der Waals surface area contributed by atoms with Gasteiger partial charge in [0.15, 0.2) is 11.6 Å². The van der Waals surface area contributed by atoms with Crippen molar-refractivity contribution in [3.05, 3.63) is 29.6 Å². The normalized spacial score (nSPS) is 10.3. The standard InChI is InChI=1S/C14H19FO3/c1-11-7-8-12(15)13(10-11)18-9-5-3-2-4-6-14(16)17/h7-8,10H,2-6,9H2,1H3,(H,16,17). The zero-order chi connectivity index (χ0) is 13.4. The Morgan fingerprint density at radius 2 is 2.00 bits per heavy atom. The lowest BCUT2D eigenvalue weighted by atomic mass is 10.1. The van der Waals surface area contributed by atoms with Crippen molar-refractivity contribution in [2.45, 2.75) is 39.0 Å². The Balaban J connectivity index is 2.14. The number of unbranched alkanes of at least 4 members (excludes halogenated alkanes) is 3. The molecule has 0 saturated heterocycles. The molecule has 0 fully saturated rings. The summed E-state index contributed by atoms with van der Waals surface area (Å²) in [5, 5.41) is 8.46. The largest absolute Gasteiger partial charge is 0.491 e. The van der Waals surface area contributed by atoms with E-state index in [-0.39, 0.29) is 12.2 Å². The second kappa shape index (κ2) is 7.69. The molecule has 1 aromatic rings. The Labute approximate surface area is 107 Å². The van der Waals surface area contributed by atoms with Gasteiger partial charge in [-0.25, -0.2) is 4.39 Å². The van der Waals surface area contributed by atoms with Gasteiger partial charge in [-0.2, -0.15) is 0 Å². The molecule has 100 valence electrons. The first-order chi connectivity index (χ1) is 8.59. The molecule has 0 amide bonds. The lowest BCUT2D eigenvalue weighted by molar-refractivity contribution is -0.137. The summed E-state index contributed by atoms with van der Waals surface area (Å²) in [6, 6.07) is 4.78. The van der Waals surface area contributed by atoms with Crippen LogP contribution < -0.4 is 4.74 Å². The van der Waals surface area contributed by atoms with Gasteiger partial charge in [0.25, 0.3) is 0 Å². The Hall–Kier alpha value is -1.58.